The largest absolute Gasteiger partial charge is 0.494 e. The van der Waals surface area contributed by atoms with E-state index >= 15 is 0 Å². The minimum Gasteiger partial charge on any atom is -0.494 e. The third kappa shape index (κ3) is 5.95. The molecule has 2 aromatic carbocycles. The molecule has 2 amide bonds. The molecule has 30 heavy (non-hydrogen) atoms. The van der Waals surface area contributed by atoms with Crippen LogP contribution >= 0.6 is 0 Å². The fraction of sp³-hybridized carbons (Fsp3) is 0.143. The van der Waals surface area contributed by atoms with Crippen LogP contribution in [0.1, 0.15) is 12.5 Å². The van der Waals surface area contributed by atoms with E-state index in [9.17, 15) is 13.2 Å². The van der Waals surface area contributed by atoms with E-state index in [0.29, 0.717) is 30.3 Å². The fourth-order valence-corrected chi connectivity index (χ4v) is 3.66. The highest BCUT2D eigenvalue weighted by atomic mass is 32.2. The van der Waals surface area contributed by atoms with Gasteiger partial charge in [0.15, 0.2) is 0 Å². The zero-order valence-electron chi connectivity index (χ0n) is 16.3. The van der Waals surface area contributed by atoms with Gasteiger partial charge < -0.3 is 15.4 Å². The molecule has 0 atom stereocenters. The van der Waals surface area contributed by atoms with Gasteiger partial charge in [-0.25, -0.2) is 13.2 Å². The first-order valence-corrected chi connectivity index (χ1v) is 10.7. The summed E-state index contributed by atoms with van der Waals surface area (Å²) in [7, 11) is -3.78. The number of rotatable bonds is 8. The van der Waals surface area contributed by atoms with Gasteiger partial charge in [-0.1, -0.05) is 12.1 Å². The summed E-state index contributed by atoms with van der Waals surface area (Å²) in [5.74, 6) is 0.578. The van der Waals surface area contributed by atoms with E-state index < -0.39 is 16.1 Å². The standard InChI is InChI=1S/C21H22N4O4S/c1-2-29-19-7-3-6-18(13-19)25-30(27,28)20-10-8-17(9-11-20)24-21(26)23-15-16-5-4-12-22-14-16/h3-14,25H,2,15H2,1H3,(H2,23,24,26). The lowest BCUT2D eigenvalue weighted by atomic mass is 10.3. The van der Waals surface area contributed by atoms with E-state index in [1.54, 1.807) is 42.7 Å². The van der Waals surface area contributed by atoms with Crippen molar-refractivity contribution in [3.8, 4) is 5.75 Å². The molecule has 0 saturated heterocycles. The Hall–Kier alpha value is -3.59. The molecule has 0 spiro atoms. The molecular formula is C21H22N4O4S. The van der Waals surface area contributed by atoms with Gasteiger partial charge in [0.05, 0.1) is 17.2 Å². The van der Waals surface area contributed by atoms with Gasteiger partial charge in [-0.2, -0.15) is 0 Å². The van der Waals surface area contributed by atoms with E-state index in [4.69, 9.17) is 4.74 Å². The lowest BCUT2D eigenvalue weighted by Gasteiger charge is -2.11. The Morgan fingerprint density at radius 2 is 1.83 bits per heavy atom. The second-order valence-corrected chi connectivity index (χ2v) is 7.94. The molecule has 0 fully saturated rings. The molecule has 3 N–H and O–H groups in total. The summed E-state index contributed by atoms with van der Waals surface area (Å²) >= 11 is 0. The third-order valence-electron chi connectivity index (χ3n) is 4.00. The molecule has 3 rings (SSSR count). The van der Waals surface area contributed by atoms with Crippen molar-refractivity contribution < 1.29 is 17.9 Å². The fourth-order valence-electron chi connectivity index (χ4n) is 2.61. The Balaban J connectivity index is 1.60. The van der Waals surface area contributed by atoms with Crippen LogP contribution < -0.4 is 20.1 Å². The summed E-state index contributed by atoms with van der Waals surface area (Å²) < 4.78 is 33.1. The molecule has 1 heterocycles. The van der Waals surface area contributed by atoms with Gasteiger partial charge in [0.2, 0.25) is 0 Å². The van der Waals surface area contributed by atoms with Crippen LogP contribution in [0, 0.1) is 0 Å². The first-order chi connectivity index (χ1) is 14.5. The van der Waals surface area contributed by atoms with Crippen molar-refractivity contribution in [3.63, 3.8) is 0 Å². The number of aromatic nitrogens is 1. The van der Waals surface area contributed by atoms with Crippen LogP contribution in [0.4, 0.5) is 16.2 Å². The SMILES string of the molecule is CCOc1cccc(NS(=O)(=O)c2ccc(NC(=O)NCc3cccnc3)cc2)c1. The maximum absolute atomic E-state index is 12.6. The van der Waals surface area contributed by atoms with Crippen LogP contribution in [0.5, 0.6) is 5.75 Å². The van der Waals surface area contributed by atoms with Gasteiger partial charge in [-0.05, 0) is 55.0 Å². The normalized spacial score (nSPS) is 10.8. The molecule has 156 valence electrons. The first-order valence-electron chi connectivity index (χ1n) is 9.26. The van der Waals surface area contributed by atoms with E-state index in [-0.39, 0.29) is 4.90 Å². The third-order valence-corrected chi connectivity index (χ3v) is 5.39. The molecule has 3 aromatic rings. The van der Waals surface area contributed by atoms with Gasteiger partial charge in [-0.15, -0.1) is 0 Å². The number of anilines is 2. The number of urea groups is 1. The zero-order chi connectivity index (χ0) is 21.4. The van der Waals surface area contributed by atoms with Crippen molar-refractivity contribution in [1.29, 1.82) is 0 Å². The van der Waals surface area contributed by atoms with Crippen LogP contribution in [-0.2, 0) is 16.6 Å². The monoisotopic (exact) mass is 426 g/mol. The molecule has 0 unspecified atom stereocenters. The molecule has 1 aromatic heterocycles. The number of hydrogen-bond donors (Lipinski definition) is 3. The van der Waals surface area contributed by atoms with E-state index in [0.717, 1.165) is 5.56 Å². The number of benzene rings is 2. The predicted molar refractivity (Wildman–Crippen MR) is 115 cm³/mol. The molecule has 0 aliphatic rings. The Labute approximate surface area is 175 Å². The molecule has 0 bridgehead atoms. The number of nitrogens with one attached hydrogen (secondary N) is 3. The minimum absolute atomic E-state index is 0.0747. The highest BCUT2D eigenvalue weighted by Gasteiger charge is 2.15. The van der Waals surface area contributed by atoms with Crippen LogP contribution in [0.2, 0.25) is 0 Å². The quantitative estimate of drug-likeness (QED) is 0.510. The lowest BCUT2D eigenvalue weighted by Crippen LogP contribution is -2.28. The Morgan fingerprint density at radius 1 is 1.03 bits per heavy atom. The molecule has 9 heteroatoms. The molecular weight excluding hydrogens is 404 g/mol. The zero-order valence-corrected chi connectivity index (χ0v) is 17.1. The number of nitrogens with zero attached hydrogens (tertiary/aromatic N) is 1. The van der Waals surface area contributed by atoms with Gasteiger partial charge in [0.1, 0.15) is 5.75 Å². The van der Waals surface area contributed by atoms with Crippen molar-refractivity contribution in [2.45, 2.75) is 18.4 Å². The second kappa shape index (κ2) is 9.75. The molecule has 0 aliphatic carbocycles. The van der Waals surface area contributed by atoms with Crippen LogP contribution in [0.3, 0.4) is 0 Å². The summed E-state index contributed by atoms with van der Waals surface area (Å²) in [6, 6.07) is 15.8. The Kier molecular flexibility index (Phi) is 6.87. The number of pyridine rings is 1. The molecule has 0 saturated carbocycles. The molecule has 8 nitrogen and oxygen atoms in total. The number of carbonyl (C=O) groups excluding carboxylic acids is 1. The summed E-state index contributed by atoms with van der Waals surface area (Å²) in [5.41, 5.74) is 1.74. The Bertz CT molecular complexity index is 1090. The topological polar surface area (TPSA) is 109 Å². The van der Waals surface area contributed by atoms with Crippen LogP contribution in [0.15, 0.2) is 78.0 Å². The van der Waals surface area contributed by atoms with Crippen LogP contribution in [0.25, 0.3) is 0 Å². The number of carbonyl (C=O) groups is 1. The van der Waals surface area contributed by atoms with Crippen molar-refractivity contribution >= 4 is 27.4 Å². The smallest absolute Gasteiger partial charge is 0.319 e. The van der Waals surface area contributed by atoms with Crippen molar-refractivity contribution in [2.75, 3.05) is 16.6 Å². The summed E-state index contributed by atoms with van der Waals surface area (Å²) in [4.78, 5) is 16.1. The maximum Gasteiger partial charge on any atom is 0.319 e. The van der Waals surface area contributed by atoms with E-state index in [1.807, 2.05) is 13.0 Å². The minimum atomic E-state index is -3.78. The summed E-state index contributed by atoms with van der Waals surface area (Å²) in [5, 5.41) is 5.37. The van der Waals surface area contributed by atoms with Gasteiger partial charge >= 0.3 is 6.03 Å². The average Bonchev–Trinajstić information content (AvgIpc) is 2.74. The number of amides is 2. The lowest BCUT2D eigenvalue weighted by molar-refractivity contribution is 0.251. The maximum atomic E-state index is 12.6. The van der Waals surface area contributed by atoms with E-state index in [1.165, 1.54) is 24.3 Å². The molecule has 0 radical (unpaired) electrons. The van der Waals surface area contributed by atoms with Gasteiger partial charge in [0.25, 0.3) is 10.0 Å². The number of sulfonamides is 1. The number of ether oxygens (including phenoxy) is 1. The number of hydrogen-bond acceptors (Lipinski definition) is 5. The highest BCUT2D eigenvalue weighted by Crippen LogP contribution is 2.22. The predicted octanol–water partition coefficient (Wildman–Crippen LogP) is 3.60. The first kappa shape index (κ1) is 21.1. The van der Waals surface area contributed by atoms with Crippen LogP contribution in [-0.4, -0.2) is 26.0 Å². The molecule has 0 aliphatic heterocycles. The highest BCUT2D eigenvalue weighted by molar-refractivity contribution is 7.92. The Morgan fingerprint density at radius 3 is 2.53 bits per heavy atom. The van der Waals surface area contributed by atoms with E-state index in [2.05, 4.69) is 20.3 Å². The summed E-state index contributed by atoms with van der Waals surface area (Å²) in [6.45, 7) is 2.67. The van der Waals surface area contributed by atoms with Crippen molar-refractivity contribution in [2.24, 2.45) is 0 Å². The van der Waals surface area contributed by atoms with Gasteiger partial charge in [0, 0.05) is 30.7 Å². The van der Waals surface area contributed by atoms with Crippen molar-refractivity contribution in [1.82, 2.24) is 10.3 Å². The van der Waals surface area contributed by atoms with Gasteiger partial charge in [-0.3, -0.25) is 9.71 Å². The summed E-state index contributed by atoms with van der Waals surface area (Å²) in [6.07, 6.45) is 3.32. The average molecular weight is 426 g/mol. The second-order valence-electron chi connectivity index (χ2n) is 6.26. The van der Waals surface area contributed by atoms with Crippen molar-refractivity contribution in [3.05, 3.63) is 78.6 Å².